The third-order valence-electron chi connectivity index (χ3n) is 4.78. The highest BCUT2D eigenvalue weighted by Crippen LogP contribution is 2.22. The molecule has 1 aromatic carbocycles. The molecule has 3 heterocycles. The number of rotatable bonds is 6. The molecule has 0 radical (unpaired) electrons. The molecular formula is C23H23N5O. The molecule has 0 amide bonds. The summed E-state index contributed by atoms with van der Waals surface area (Å²) in [6, 6.07) is 11.8. The number of Topliss-reactive ketones (excluding diaryl/α,β-unsaturated/α-hetero) is 1. The molecule has 0 atom stereocenters. The maximum Gasteiger partial charge on any atom is 0.168 e. The van der Waals surface area contributed by atoms with Crippen LogP contribution in [0.25, 0.3) is 22.0 Å². The van der Waals surface area contributed by atoms with Crippen LogP contribution >= 0.6 is 0 Å². The lowest BCUT2D eigenvalue weighted by Gasteiger charge is -2.10. The van der Waals surface area contributed by atoms with E-state index in [1.165, 1.54) is 5.56 Å². The minimum atomic E-state index is 0.0598. The Morgan fingerprint density at radius 2 is 1.79 bits per heavy atom. The quantitative estimate of drug-likeness (QED) is 0.475. The predicted octanol–water partition coefficient (Wildman–Crippen LogP) is 3.52. The SMILES string of the molecule is CN(C)Cc1ccc(C(=O)Cc2cc3cc(-c4cnn(C)c4)cnc3cn2)cc1. The van der Waals surface area contributed by atoms with Crippen LogP contribution in [0.5, 0.6) is 0 Å². The molecule has 0 spiro atoms. The molecule has 146 valence electrons. The van der Waals surface area contributed by atoms with Gasteiger partial charge in [0.25, 0.3) is 0 Å². The van der Waals surface area contributed by atoms with Crippen molar-refractivity contribution in [2.75, 3.05) is 14.1 Å². The lowest BCUT2D eigenvalue weighted by atomic mass is 10.0. The highest BCUT2D eigenvalue weighted by Gasteiger charge is 2.10. The van der Waals surface area contributed by atoms with Crippen molar-refractivity contribution in [3.05, 3.63) is 78.0 Å². The van der Waals surface area contributed by atoms with Crippen LogP contribution in [0.15, 0.2) is 61.2 Å². The van der Waals surface area contributed by atoms with E-state index in [2.05, 4.69) is 26.0 Å². The van der Waals surface area contributed by atoms with E-state index in [0.717, 1.165) is 34.3 Å². The van der Waals surface area contributed by atoms with Gasteiger partial charge in [-0.3, -0.25) is 19.4 Å². The number of benzene rings is 1. The molecule has 29 heavy (non-hydrogen) atoms. The molecule has 0 fully saturated rings. The van der Waals surface area contributed by atoms with Crippen LogP contribution < -0.4 is 0 Å². The number of aryl methyl sites for hydroxylation is 1. The average molecular weight is 385 g/mol. The first-order chi connectivity index (χ1) is 14.0. The van der Waals surface area contributed by atoms with Crippen LogP contribution in [0.1, 0.15) is 21.6 Å². The zero-order valence-corrected chi connectivity index (χ0v) is 16.8. The predicted molar refractivity (Wildman–Crippen MR) is 114 cm³/mol. The Morgan fingerprint density at radius 1 is 1.00 bits per heavy atom. The normalized spacial score (nSPS) is 11.3. The number of carbonyl (C=O) groups excluding carboxylic acids is 1. The van der Waals surface area contributed by atoms with Crippen LogP contribution in [-0.4, -0.2) is 44.5 Å². The van der Waals surface area contributed by atoms with E-state index in [1.54, 1.807) is 10.9 Å². The zero-order valence-electron chi connectivity index (χ0n) is 16.8. The van der Waals surface area contributed by atoms with Gasteiger partial charge in [-0.15, -0.1) is 0 Å². The molecule has 0 aliphatic carbocycles. The summed E-state index contributed by atoms with van der Waals surface area (Å²) in [6.45, 7) is 0.854. The molecular weight excluding hydrogens is 362 g/mol. The van der Waals surface area contributed by atoms with Gasteiger partial charge in [-0.25, -0.2) is 0 Å². The van der Waals surface area contributed by atoms with Crippen LogP contribution in [0.3, 0.4) is 0 Å². The van der Waals surface area contributed by atoms with E-state index < -0.39 is 0 Å². The fourth-order valence-corrected chi connectivity index (χ4v) is 3.33. The third kappa shape index (κ3) is 4.38. The fourth-order valence-electron chi connectivity index (χ4n) is 3.33. The minimum Gasteiger partial charge on any atom is -0.305 e. The van der Waals surface area contributed by atoms with Crippen LogP contribution in [0.4, 0.5) is 0 Å². The molecule has 4 aromatic rings. The number of fused-ring (bicyclic) bond motifs is 1. The maximum absolute atomic E-state index is 12.7. The summed E-state index contributed by atoms with van der Waals surface area (Å²) >= 11 is 0. The van der Waals surface area contributed by atoms with Crippen molar-refractivity contribution in [3.8, 4) is 11.1 Å². The summed E-state index contributed by atoms with van der Waals surface area (Å²) in [6.07, 6.45) is 7.58. The second-order valence-electron chi connectivity index (χ2n) is 7.53. The smallest absolute Gasteiger partial charge is 0.168 e. The summed E-state index contributed by atoms with van der Waals surface area (Å²) in [5.74, 6) is 0.0598. The summed E-state index contributed by atoms with van der Waals surface area (Å²) < 4.78 is 1.76. The van der Waals surface area contributed by atoms with Gasteiger partial charge in [0.2, 0.25) is 0 Å². The number of hydrogen-bond donors (Lipinski definition) is 0. The zero-order chi connectivity index (χ0) is 20.4. The molecule has 6 heteroatoms. The molecule has 0 saturated carbocycles. The second kappa shape index (κ2) is 7.93. The molecule has 0 aliphatic rings. The van der Waals surface area contributed by atoms with Crippen molar-refractivity contribution in [2.45, 2.75) is 13.0 Å². The average Bonchev–Trinajstić information content (AvgIpc) is 3.14. The van der Waals surface area contributed by atoms with Gasteiger partial charge < -0.3 is 4.90 Å². The van der Waals surface area contributed by atoms with Gasteiger partial charge >= 0.3 is 0 Å². The van der Waals surface area contributed by atoms with E-state index in [1.807, 2.05) is 70.1 Å². The fraction of sp³-hybridized carbons (Fsp3) is 0.217. The monoisotopic (exact) mass is 385 g/mol. The summed E-state index contributed by atoms with van der Waals surface area (Å²) in [4.78, 5) is 23.7. The number of ketones is 1. The molecule has 0 saturated heterocycles. The Labute approximate surface area is 169 Å². The summed E-state index contributed by atoms with van der Waals surface area (Å²) in [7, 11) is 5.94. The Bertz CT molecular complexity index is 1160. The lowest BCUT2D eigenvalue weighted by Crippen LogP contribution is -2.11. The molecule has 0 aliphatic heterocycles. The Morgan fingerprint density at radius 3 is 2.48 bits per heavy atom. The number of nitrogens with zero attached hydrogens (tertiary/aromatic N) is 5. The van der Waals surface area contributed by atoms with Gasteiger partial charge in [0, 0.05) is 53.8 Å². The number of aromatic nitrogens is 4. The molecule has 4 rings (SSSR count). The van der Waals surface area contributed by atoms with Gasteiger partial charge in [-0.1, -0.05) is 24.3 Å². The molecule has 0 bridgehead atoms. The first-order valence-electron chi connectivity index (χ1n) is 9.48. The standard InChI is InChI=1S/C23H23N5O/c1-27(2)14-16-4-6-17(7-5-16)23(29)10-21-9-18-8-19(11-25-22(18)13-24-21)20-12-26-28(3)15-20/h4-9,11-13,15H,10,14H2,1-3H3. The Balaban J connectivity index is 1.55. The van der Waals surface area contributed by atoms with Gasteiger partial charge in [0.05, 0.1) is 24.3 Å². The molecule has 0 N–H and O–H groups in total. The van der Waals surface area contributed by atoms with E-state index in [4.69, 9.17) is 0 Å². The maximum atomic E-state index is 12.7. The van der Waals surface area contributed by atoms with Crippen LogP contribution in [0, 0.1) is 0 Å². The molecule has 3 aromatic heterocycles. The van der Waals surface area contributed by atoms with Gasteiger partial charge in [-0.05, 0) is 31.8 Å². The van der Waals surface area contributed by atoms with Crippen molar-refractivity contribution < 1.29 is 4.79 Å². The summed E-state index contributed by atoms with van der Waals surface area (Å²) in [5, 5.41) is 5.18. The van der Waals surface area contributed by atoms with Crippen LogP contribution in [-0.2, 0) is 20.0 Å². The minimum absolute atomic E-state index is 0.0598. The Hall–Kier alpha value is -3.38. The second-order valence-corrected chi connectivity index (χ2v) is 7.53. The van der Waals surface area contributed by atoms with Crippen molar-refractivity contribution in [1.82, 2.24) is 24.6 Å². The van der Waals surface area contributed by atoms with E-state index in [0.29, 0.717) is 5.56 Å². The Kier molecular flexibility index (Phi) is 5.18. The van der Waals surface area contributed by atoms with Crippen molar-refractivity contribution in [3.63, 3.8) is 0 Å². The van der Waals surface area contributed by atoms with Crippen molar-refractivity contribution in [2.24, 2.45) is 7.05 Å². The first kappa shape index (κ1) is 19.0. The van der Waals surface area contributed by atoms with E-state index >= 15 is 0 Å². The number of pyridine rings is 2. The highest BCUT2D eigenvalue weighted by atomic mass is 16.1. The van der Waals surface area contributed by atoms with Crippen molar-refractivity contribution >= 4 is 16.7 Å². The van der Waals surface area contributed by atoms with Crippen molar-refractivity contribution in [1.29, 1.82) is 0 Å². The highest BCUT2D eigenvalue weighted by molar-refractivity contribution is 5.97. The summed E-state index contributed by atoms with van der Waals surface area (Å²) in [5.41, 5.74) is 5.44. The topological polar surface area (TPSA) is 63.9 Å². The lowest BCUT2D eigenvalue weighted by molar-refractivity contribution is 0.0992. The van der Waals surface area contributed by atoms with Gasteiger partial charge in [0.1, 0.15) is 0 Å². The first-order valence-corrected chi connectivity index (χ1v) is 9.48. The third-order valence-corrected chi connectivity index (χ3v) is 4.78. The number of hydrogen-bond acceptors (Lipinski definition) is 5. The van der Waals surface area contributed by atoms with Gasteiger partial charge in [0.15, 0.2) is 5.78 Å². The van der Waals surface area contributed by atoms with E-state index in [-0.39, 0.29) is 12.2 Å². The van der Waals surface area contributed by atoms with E-state index in [9.17, 15) is 4.79 Å². The van der Waals surface area contributed by atoms with Gasteiger partial charge in [-0.2, -0.15) is 5.10 Å². The number of carbonyl (C=O) groups is 1. The van der Waals surface area contributed by atoms with Crippen LogP contribution in [0.2, 0.25) is 0 Å². The molecule has 6 nitrogen and oxygen atoms in total. The molecule has 0 unspecified atom stereocenters. The largest absolute Gasteiger partial charge is 0.305 e.